The number of anilines is 1. The molecule has 6 nitrogen and oxygen atoms in total. The van der Waals surface area contributed by atoms with E-state index in [4.69, 9.17) is 10.00 Å². The molecule has 0 radical (unpaired) electrons. The Hall–Kier alpha value is -2.03. The molecule has 1 amide bonds. The Balaban J connectivity index is 2.16. The van der Waals surface area contributed by atoms with Gasteiger partial charge in [0.2, 0.25) is 0 Å². The maximum absolute atomic E-state index is 11.6. The van der Waals surface area contributed by atoms with E-state index in [1.165, 1.54) is 0 Å². The van der Waals surface area contributed by atoms with E-state index in [0.29, 0.717) is 11.5 Å². The van der Waals surface area contributed by atoms with Crippen molar-refractivity contribution < 1.29 is 9.53 Å². The second kappa shape index (κ2) is 4.33. The molecule has 0 saturated heterocycles. The first kappa shape index (κ1) is 12.4. The molecule has 0 aromatic carbocycles. The maximum atomic E-state index is 11.6. The first-order valence-corrected chi connectivity index (χ1v) is 5.90. The second-order valence-electron chi connectivity index (χ2n) is 5.22. The van der Waals surface area contributed by atoms with Crippen LogP contribution in [0.4, 0.5) is 10.6 Å². The van der Waals surface area contributed by atoms with Crippen molar-refractivity contribution in [2.75, 3.05) is 5.32 Å². The fraction of sp³-hybridized carbons (Fsp3) is 0.583. The Morgan fingerprint density at radius 3 is 2.89 bits per heavy atom. The monoisotopic (exact) mass is 248 g/mol. The summed E-state index contributed by atoms with van der Waals surface area (Å²) in [6, 6.07) is 2.07. The summed E-state index contributed by atoms with van der Waals surface area (Å²) in [6.07, 6.45) is 1.24. The lowest BCUT2D eigenvalue weighted by Gasteiger charge is -2.19. The highest BCUT2D eigenvalue weighted by molar-refractivity contribution is 5.85. The lowest BCUT2D eigenvalue weighted by molar-refractivity contribution is 0.0635. The highest BCUT2D eigenvalue weighted by atomic mass is 16.6. The average Bonchev–Trinajstić information content (AvgIpc) is 2.73. The first-order valence-electron chi connectivity index (χ1n) is 5.90. The van der Waals surface area contributed by atoms with Gasteiger partial charge < -0.3 is 9.30 Å². The Morgan fingerprint density at radius 2 is 2.28 bits per heavy atom. The van der Waals surface area contributed by atoms with Crippen LogP contribution in [0.15, 0.2) is 0 Å². The van der Waals surface area contributed by atoms with Crippen molar-refractivity contribution in [1.82, 2.24) is 9.55 Å². The molecule has 1 N–H and O–H groups in total. The standard InChI is InChI=1S/C12H16N4O2/c1-12(2,3)18-11(17)15-10-8(7-13)16-6-4-5-9(16)14-10/h4-6H2,1-3H3,(H,15,17). The predicted molar refractivity (Wildman–Crippen MR) is 65.1 cm³/mol. The van der Waals surface area contributed by atoms with Crippen molar-refractivity contribution in [3.8, 4) is 6.07 Å². The molecule has 1 aromatic heterocycles. The van der Waals surface area contributed by atoms with E-state index in [2.05, 4.69) is 16.4 Å². The van der Waals surface area contributed by atoms with E-state index in [-0.39, 0.29) is 0 Å². The summed E-state index contributed by atoms with van der Waals surface area (Å²) in [5.74, 6) is 1.14. The molecule has 2 heterocycles. The molecule has 0 unspecified atom stereocenters. The van der Waals surface area contributed by atoms with Gasteiger partial charge in [0.05, 0.1) is 0 Å². The number of nitriles is 1. The third-order valence-corrected chi connectivity index (χ3v) is 2.55. The zero-order chi connectivity index (χ0) is 13.3. The van der Waals surface area contributed by atoms with Gasteiger partial charge in [-0.1, -0.05) is 0 Å². The van der Waals surface area contributed by atoms with Crippen molar-refractivity contribution in [2.24, 2.45) is 0 Å². The highest BCUT2D eigenvalue weighted by Crippen LogP contribution is 2.23. The molecule has 1 aliphatic heterocycles. The van der Waals surface area contributed by atoms with Crippen molar-refractivity contribution in [3.05, 3.63) is 11.5 Å². The minimum Gasteiger partial charge on any atom is -0.444 e. The summed E-state index contributed by atoms with van der Waals surface area (Å²) in [4.78, 5) is 15.9. The molecular weight excluding hydrogens is 232 g/mol. The lowest BCUT2D eigenvalue weighted by Crippen LogP contribution is -2.27. The number of aryl methyl sites for hydroxylation is 1. The molecule has 0 fully saturated rings. The van der Waals surface area contributed by atoms with E-state index in [1.54, 1.807) is 20.8 Å². The molecule has 6 heteroatoms. The van der Waals surface area contributed by atoms with E-state index < -0.39 is 11.7 Å². The third kappa shape index (κ3) is 2.45. The van der Waals surface area contributed by atoms with Crippen molar-refractivity contribution >= 4 is 11.9 Å². The minimum atomic E-state index is -0.587. The Morgan fingerprint density at radius 1 is 1.56 bits per heavy atom. The number of hydrogen-bond donors (Lipinski definition) is 1. The molecule has 1 aromatic rings. The topological polar surface area (TPSA) is 79.9 Å². The van der Waals surface area contributed by atoms with Gasteiger partial charge in [0.15, 0.2) is 11.5 Å². The van der Waals surface area contributed by atoms with Gasteiger partial charge in [0.1, 0.15) is 17.5 Å². The van der Waals surface area contributed by atoms with Gasteiger partial charge in [-0.05, 0) is 27.2 Å². The summed E-state index contributed by atoms with van der Waals surface area (Å²) in [7, 11) is 0. The predicted octanol–water partition coefficient (Wildman–Crippen LogP) is 2.05. The number of carbonyl (C=O) groups excluding carboxylic acids is 1. The normalized spacial score (nSPS) is 13.9. The summed E-state index contributed by atoms with van der Waals surface area (Å²) in [5, 5.41) is 11.6. The van der Waals surface area contributed by atoms with Crippen LogP contribution in [0.25, 0.3) is 0 Å². The van der Waals surface area contributed by atoms with Gasteiger partial charge in [-0.15, -0.1) is 0 Å². The summed E-state index contributed by atoms with van der Waals surface area (Å²) in [5.41, 5.74) is -0.173. The van der Waals surface area contributed by atoms with Crippen LogP contribution in [-0.2, 0) is 17.7 Å². The van der Waals surface area contributed by atoms with E-state index in [0.717, 1.165) is 25.2 Å². The molecule has 1 aliphatic rings. The molecule has 2 rings (SSSR count). The molecule has 0 atom stereocenters. The Labute approximate surface area is 106 Å². The fourth-order valence-corrected chi connectivity index (χ4v) is 1.93. The minimum absolute atomic E-state index is 0.293. The van der Waals surface area contributed by atoms with Gasteiger partial charge in [0.25, 0.3) is 0 Å². The molecule has 0 spiro atoms. The van der Waals surface area contributed by atoms with E-state index >= 15 is 0 Å². The maximum Gasteiger partial charge on any atom is 0.413 e. The zero-order valence-electron chi connectivity index (χ0n) is 10.8. The summed E-state index contributed by atoms with van der Waals surface area (Å²) in [6.45, 7) is 6.13. The molecule has 0 aliphatic carbocycles. The van der Waals surface area contributed by atoms with Crippen LogP contribution in [0, 0.1) is 11.3 Å². The third-order valence-electron chi connectivity index (χ3n) is 2.55. The first-order chi connectivity index (χ1) is 8.40. The Bertz CT molecular complexity index is 519. The fourth-order valence-electron chi connectivity index (χ4n) is 1.93. The van der Waals surface area contributed by atoms with Crippen LogP contribution >= 0.6 is 0 Å². The van der Waals surface area contributed by atoms with E-state index in [1.807, 2.05) is 4.57 Å². The average molecular weight is 248 g/mol. The number of aromatic nitrogens is 2. The Kier molecular flexibility index (Phi) is 2.99. The number of nitrogens with one attached hydrogen (secondary N) is 1. The number of ether oxygens (including phenoxy) is 1. The van der Waals surface area contributed by atoms with Gasteiger partial charge in [-0.3, -0.25) is 5.32 Å². The van der Waals surface area contributed by atoms with Crippen molar-refractivity contribution in [3.63, 3.8) is 0 Å². The van der Waals surface area contributed by atoms with Crippen LogP contribution in [0.5, 0.6) is 0 Å². The molecule has 0 saturated carbocycles. The summed E-state index contributed by atoms with van der Waals surface area (Å²) >= 11 is 0. The van der Waals surface area contributed by atoms with Crippen LogP contribution in [0.1, 0.15) is 38.7 Å². The quantitative estimate of drug-likeness (QED) is 0.824. The highest BCUT2D eigenvalue weighted by Gasteiger charge is 2.24. The van der Waals surface area contributed by atoms with Crippen molar-refractivity contribution in [2.45, 2.75) is 45.8 Å². The molecule has 18 heavy (non-hydrogen) atoms. The van der Waals surface area contributed by atoms with Gasteiger partial charge in [0, 0.05) is 13.0 Å². The van der Waals surface area contributed by atoms with Crippen molar-refractivity contribution in [1.29, 1.82) is 5.26 Å². The van der Waals surface area contributed by atoms with Crippen LogP contribution in [0.2, 0.25) is 0 Å². The largest absolute Gasteiger partial charge is 0.444 e. The molecule has 96 valence electrons. The molecule has 0 bridgehead atoms. The summed E-state index contributed by atoms with van der Waals surface area (Å²) < 4.78 is 6.97. The number of fused-ring (bicyclic) bond motifs is 1. The molecular formula is C12H16N4O2. The number of nitrogens with zero attached hydrogens (tertiary/aromatic N) is 3. The number of rotatable bonds is 1. The number of imidazole rings is 1. The van der Waals surface area contributed by atoms with Gasteiger partial charge >= 0.3 is 6.09 Å². The number of amides is 1. The van der Waals surface area contributed by atoms with E-state index in [9.17, 15) is 4.79 Å². The smallest absolute Gasteiger partial charge is 0.413 e. The van der Waals surface area contributed by atoms with Gasteiger partial charge in [-0.25, -0.2) is 9.78 Å². The van der Waals surface area contributed by atoms with Crippen LogP contribution in [0.3, 0.4) is 0 Å². The SMILES string of the molecule is CC(C)(C)OC(=O)Nc1nc2n(c1C#N)CCC2. The van der Waals surface area contributed by atoms with Crippen LogP contribution in [-0.4, -0.2) is 21.2 Å². The number of hydrogen-bond acceptors (Lipinski definition) is 4. The number of carbonyl (C=O) groups is 1. The second-order valence-corrected chi connectivity index (χ2v) is 5.22. The van der Waals surface area contributed by atoms with Crippen LogP contribution < -0.4 is 5.32 Å². The zero-order valence-corrected chi connectivity index (χ0v) is 10.8. The van der Waals surface area contributed by atoms with Gasteiger partial charge in [-0.2, -0.15) is 5.26 Å². The lowest BCUT2D eigenvalue weighted by atomic mass is 10.2.